The summed E-state index contributed by atoms with van der Waals surface area (Å²) in [5.41, 5.74) is 1.55. The Labute approximate surface area is 143 Å². The van der Waals surface area contributed by atoms with Crippen LogP contribution < -0.4 is 10.1 Å². The SMILES string of the molecule is COc1ccc(CCNc2ccnc3cc(C(F)(F)F)ccc23)cc1. The molecule has 130 valence electrons. The van der Waals surface area contributed by atoms with E-state index in [1.807, 2.05) is 24.3 Å². The Balaban J connectivity index is 1.72. The van der Waals surface area contributed by atoms with Crippen LogP contribution in [-0.2, 0) is 12.6 Å². The van der Waals surface area contributed by atoms with E-state index in [9.17, 15) is 13.2 Å². The second-order valence-corrected chi connectivity index (χ2v) is 5.61. The maximum Gasteiger partial charge on any atom is 0.416 e. The van der Waals surface area contributed by atoms with Gasteiger partial charge >= 0.3 is 6.18 Å². The molecule has 3 aromatic rings. The molecule has 3 nitrogen and oxygen atoms in total. The van der Waals surface area contributed by atoms with Crippen molar-refractivity contribution >= 4 is 16.6 Å². The van der Waals surface area contributed by atoms with Crippen LogP contribution in [0.1, 0.15) is 11.1 Å². The van der Waals surface area contributed by atoms with Crippen molar-refractivity contribution < 1.29 is 17.9 Å². The van der Waals surface area contributed by atoms with Crippen LogP contribution in [0.2, 0.25) is 0 Å². The fourth-order valence-electron chi connectivity index (χ4n) is 2.61. The van der Waals surface area contributed by atoms with Gasteiger partial charge in [-0.1, -0.05) is 18.2 Å². The molecule has 0 saturated heterocycles. The van der Waals surface area contributed by atoms with Gasteiger partial charge in [-0.05, 0) is 42.3 Å². The van der Waals surface area contributed by atoms with Crippen LogP contribution in [0.3, 0.4) is 0 Å². The number of halogens is 3. The zero-order chi connectivity index (χ0) is 17.9. The molecule has 0 bridgehead atoms. The van der Waals surface area contributed by atoms with E-state index in [-0.39, 0.29) is 0 Å². The number of ether oxygens (including phenoxy) is 1. The summed E-state index contributed by atoms with van der Waals surface area (Å²) in [5.74, 6) is 0.803. The van der Waals surface area contributed by atoms with Gasteiger partial charge in [-0.15, -0.1) is 0 Å². The van der Waals surface area contributed by atoms with Crippen LogP contribution in [-0.4, -0.2) is 18.6 Å². The topological polar surface area (TPSA) is 34.1 Å². The van der Waals surface area contributed by atoms with E-state index in [0.29, 0.717) is 17.4 Å². The lowest BCUT2D eigenvalue weighted by Crippen LogP contribution is -2.07. The van der Waals surface area contributed by atoms with Crippen LogP contribution in [0.15, 0.2) is 54.7 Å². The van der Waals surface area contributed by atoms with E-state index in [2.05, 4.69) is 10.3 Å². The average Bonchev–Trinajstić information content (AvgIpc) is 2.61. The molecule has 3 rings (SSSR count). The van der Waals surface area contributed by atoms with Gasteiger partial charge in [-0.2, -0.15) is 13.2 Å². The van der Waals surface area contributed by atoms with Gasteiger partial charge in [0.15, 0.2) is 0 Å². The summed E-state index contributed by atoms with van der Waals surface area (Å²) < 4.78 is 43.5. The Hall–Kier alpha value is -2.76. The van der Waals surface area contributed by atoms with Crippen LogP contribution >= 0.6 is 0 Å². The molecule has 0 aliphatic rings. The predicted molar refractivity (Wildman–Crippen MR) is 91.9 cm³/mol. The molecule has 1 N–H and O–H groups in total. The summed E-state index contributed by atoms with van der Waals surface area (Å²) in [6.07, 6.45) is -2.07. The maximum atomic E-state index is 12.8. The Morgan fingerprint density at radius 2 is 1.80 bits per heavy atom. The average molecular weight is 346 g/mol. The third kappa shape index (κ3) is 4.02. The van der Waals surface area contributed by atoms with E-state index < -0.39 is 11.7 Å². The third-order valence-corrected chi connectivity index (χ3v) is 3.96. The molecular formula is C19H17F3N2O. The fourth-order valence-corrected chi connectivity index (χ4v) is 2.61. The number of benzene rings is 2. The van der Waals surface area contributed by atoms with Crippen LogP contribution in [0.25, 0.3) is 10.9 Å². The summed E-state index contributed by atoms with van der Waals surface area (Å²) in [4.78, 5) is 4.05. The smallest absolute Gasteiger partial charge is 0.416 e. The van der Waals surface area contributed by atoms with Crippen molar-refractivity contribution in [1.82, 2.24) is 4.98 Å². The second kappa shape index (κ2) is 7.01. The van der Waals surface area contributed by atoms with Gasteiger partial charge in [0.1, 0.15) is 5.75 Å². The summed E-state index contributed by atoms with van der Waals surface area (Å²) >= 11 is 0. The number of fused-ring (bicyclic) bond motifs is 1. The van der Waals surface area contributed by atoms with Crippen molar-refractivity contribution in [1.29, 1.82) is 0 Å². The molecule has 0 saturated carbocycles. The van der Waals surface area contributed by atoms with Crippen molar-refractivity contribution in [2.75, 3.05) is 19.0 Å². The summed E-state index contributed by atoms with van der Waals surface area (Å²) in [6, 6.07) is 13.2. The van der Waals surface area contributed by atoms with Gasteiger partial charge < -0.3 is 10.1 Å². The van der Waals surface area contributed by atoms with Crippen LogP contribution in [0, 0.1) is 0 Å². The van der Waals surface area contributed by atoms with Crippen molar-refractivity contribution in [3.63, 3.8) is 0 Å². The molecule has 0 atom stereocenters. The molecule has 0 spiro atoms. The first-order valence-corrected chi connectivity index (χ1v) is 7.80. The fraction of sp³-hybridized carbons (Fsp3) is 0.211. The molecule has 0 aliphatic heterocycles. The zero-order valence-corrected chi connectivity index (χ0v) is 13.6. The first-order valence-electron chi connectivity index (χ1n) is 7.80. The van der Waals surface area contributed by atoms with E-state index >= 15 is 0 Å². The number of anilines is 1. The number of hydrogen-bond donors (Lipinski definition) is 1. The molecular weight excluding hydrogens is 329 g/mol. The molecule has 1 aromatic heterocycles. The maximum absolute atomic E-state index is 12.8. The number of aromatic nitrogens is 1. The number of nitrogens with one attached hydrogen (secondary N) is 1. The van der Waals surface area contributed by atoms with Gasteiger partial charge in [0.2, 0.25) is 0 Å². The molecule has 0 radical (unpaired) electrons. The van der Waals surface area contributed by atoms with E-state index in [1.165, 1.54) is 12.3 Å². The van der Waals surface area contributed by atoms with Gasteiger partial charge in [0.05, 0.1) is 18.2 Å². The Kier molecular flexibility index (Phi) is 4.79. The largest absolute Gasteiger partial charge is 0.497 e. The summed E-state index contributed by atoms with van der Waals surface area (Å²) in [7, 11) is 1.62. The summed E-state index contributed by atoms with van der Waals surface area (Å²) in [6.45, 7) is 0.659. The molecule has 25 heavy (non-hydrogen) atoms. The Bertz CT molecular complexity index is 861. The predicted octanol–water partition coefficient (Wildman–Crippen LogP) is 4.92. The molecule has 2 aromatic carbocycles. The van der Waals surface area contributed by atoms with Gasteiger partial charge in [-0.25, -0.2) is 0 Å². The number of pyridine rings is 1. The Morgan fingerprint density at radius 3 is 2.48 bits per heavy atom. The minimum atomic E-state index is -4.37. The third-order valence-electron chi connectivity index (χ3n) is 3.96. The quantitative estimate of drug-likeness (QED) is 0.712. The molecule has 0 unspecified atom stereocenters. The number of methoxy groups -OCH3 is 1. The lowest BCUT2D eigenvalue weighted by atomic mass is 10.1. The molecule has 0 amide bonds. The highest BCUT2D eigenvalue weighted by Gasteiger charge is 2.30. The normalized spacial score (nSPS) is 11.5. The minimum Gasteiger partial charge on any atom is -0.497 e. The Morgan fingerprint density at radius 1 is 1.04 bits per heavy atom. The van der Waals surface area contributed by atoms with Crippen LogP contribution in [0.5, 0.6) is 5.75 Å². The van der Waals surface area contributed by atoms with Crippen molar-refractivity contribution in [3.8, 4) is 5.75 Å². The van der Waals surface area contributed by atoms with Crippen molar-refractivity contribution in [3.05, 3.63) is 65.9 Å². The van der Waals surface area contributed by atoms with Crippen LogP contribution in [0.4, 0.5) is 18.9 Å². The monoisotopic (exact) mass is 346 g/mol. The van der Waals surface area contributed by atoms with Gasteiger partial charge in [0, 0.05) is 23.8 Å². The minimum absolute atomic E-state index is 0.323. The van der Waals surface area contributed by atoms with Crippen molar-refractivity contribution in [2.45, 2.75) is 12.6 Å². The molecule has 0 aliphatic carbocycles. The number of alkyl halides is 3. The highest BCUT2D eigenvalue weighted by atomic mass is 19.4. The lowest BCUT2D eigenvalue weighted by molar-refractivity contribution is -0.137. The van der Waals surface area contributed by atoms with E-state index in [0.717, 1.165) is 35.6 Å². The summed E-state index contributed by atoms with van der Waals surface area (Å²) in [5, 5.41) is 3.94. The number of hydrogen-bond acceptors (Lipinski definition) is 3. The van der Waals surface area contributed by atoms with Crippen molar-refractivity contribution in [2.24, 2.45) is 0 Å². The number of nitrogens with zero attached hydrogens (tertiary/aromatic N) is 1. The first kappa shape index (κ1) is 17.1. The number of rotatable bonds is 5. The second-order valence-electron chi connectivity index (χ2n) is 5.61. The highest BCUT2D eigenvalue weighted by molar-refractivity contribution is 5.91. The molecule has 6 heteroatoms. The lowest BCUT2D eigenvalue weighted by Gasteiger charge is -2.12. The van der Waals surface area contributed by atoms with E-state index in [4.69, 9.17) is 4.74 Å². The molecule has 1 heterocycles. The molecule has 0 fully saturated rings. The highest BCUT2D eigenvalue weighted by Crippen LogP contribution is 2.32. The van der Waals surface area contributed by atoms with E-state index in [1.54, 1.807) is 13.2 Å². The van der Waals surface area contributed by atoms with Gasteiger partial charge in [0.25, 0.3) is 0 Å². The van der Waals surface area contributed by atoms with Gasteiger partial charge in [-0.3, -0.25) is 4.98 Å². The standard InChI is InChI=1S/C19H17F3N2O/c1-25-15-5-2-13(3-6-15)8-10-23-17-9-11-24-18-12-14(19(20,21)22)4-7-16(17)18/h2-7,9,11-12H,8,10H2,1H3,(H,23,24). The first-order chi connectivity index (χ1) is 12.0. The zero-order valence-electron chi connectivity index (χ0n) is 13.6.